The Morgan fingerprint density at radius 3 is 2.65 bits per heavy atom. The highest BCUT2D eigenvalue weighted by Gasteiger charge is 2.59. The van der Waals surface area contributed by atoms with Crippen LogP contribution in [-0.2, 0) is 9.53 Å². The highest BCUT2D eigenvalue weighted by molar-refractivity contribution is 5.66. The van der Waals surface area contributed by atoms with E-state index in [0.717, 1.165) is 42.4 Å². The maximum atomic E-state index is 11.5. The van der Waals surface area contributed by atoms with Gasteiger partial charge in [0, 0.05) is 13.3 Å². The van der Waals surface area contributed by atoms with Crippen molar-refractivity contribution >= 4 is 5.97 Å². The van der Waals surface area contributed by atoms with Crippen molar-refractivity contribution in [1.29, 1.82) is 0 Å². The van der Waals surface area contributed by atoms with Gasteiger partial charge in [-0.15, -0.1) is 6.58 Å². The summed E-state index contributed by atoms with van der Waals surface area (Å²) in [5.41, 5.74) is 3.83. The molecular weight excluding hydrogens is 380 g/mol. The zero-order valence-electron chi connectivity index (χ0n) is 20.8. The fraction of sp³-hybridized carbons (Fsp3) is 0.828. The fourth-order valence-corrected chi connectivity index (χ4v) is 8.87. The van der Waals surface area contributed by atoms with E-state index >= 15 is 0 Å². The molecule has 174 valence electrons. The van der Waals surface area contributed by atoms with Crippen LogP contribution in [0.3, 0.4) is 0 Å². The Morgan fingerprint density at radius 1 is 1.16 bits per heavy atom. The Balaban J connectivity index is 1.47. The quantitative estimate of drug-likeness (QED) is 0.319. The molecule has 1 unspecified atom stereocenters. The van der Waals surface area contributed by atoms with Gasteiger partial charge < -0.3 is 4.74 Å². The van der Waals surface area contributed by atoms with Gasteiger partial charge >= 0.3 is 5.97 Å². The first-order chi connectivity index (χ1) is 14.6. The van der Waals surface area contributed by atoms with Crippen LogP contribution < -0.4 is 0 Å². The van der Waals surface area contributed by atoms with Gasteiger partial charge in [0.2, 0.25) is 0 Å². The highest BCUT2D eigenvalue weighted by atomic mass is 16.5. The third kappa shape index (κ3) is 4.18. The van der Waals surface area contributed by atoms with Crippen molar-refractivity contribution in [3.8, 4) is 0 Å². The summed E-state index contributed by atoms with van der Waals surface area (Å²) in [6, 6.07) is 0. The molecule has 0 aromatic heterocycles. The van der Waals surface area contributed by atoms with Crippen molar-refractivity contribution < 1.29 is 9.53 Å². The van der Waals surface area contributed by atoms with Gasteiger partial charge in [0.25, 0.3) is 0 Å². The maximum absolute atomic E-state index is 11.5. The van der Waals surface area contributed by atoms with Crippen LogP contribution in [0.15, 0.2) is 23.8 Å². The van der Waals surface area contributed by atoms with Gasteiger partial charge in [-0.25, -0.2) is 0 Å². The van der Waals surface area contributed by atoms with E-state index in [1.54, 1.807) is 12.5 Å². The van der Waals surface area contributed by atoms with Gasteiger partial charge in [0.05, 0.1) is 0 Å². The Hall–Kier alpha value is -1.05. The number of hydrogen-bond acceptors (Lipinski definition) is 2. The number of ether oxygens (including phenoxy) is 1. The lowest BCUT2D eigenvalue weighted by molar-refractivity contribution is -0.148. The lowest BCUT2D eigenvalue weighted by Crippen LogP contribution is -2.51. The Labute approximate surface area is 191 Å². The molecule has 4 aliphatic carbocycles. The second-order valence-corrected chi connectivity index (χ2v) is 12.3. The number of fused-ring (bicyclic) bond motifs is 5. The lowest BCUT2D eigenvalue weighted by atomic mass is 9.47. The number of allylic oxidation sites excluding steroid dienone is 2. The third-order valence-corrected chi connectivity index (χ3v) is 10.4. The number of hydrogen-bond donors (Lipinski definition) is 0. The summed E-state index contributed by atoms with van der Waals surface area (Å²) in [7, 11) is 0. The highest BCUT2D eigenvalue weighted by Crippen LogP contribution is 2.67. The molecule has 0 bridgehead atoms. The molecule has 3 saturated carbocycles. The minimum absolute atomic E-state index is 0.109. The largest absolute Gasteiger partial charge is 0.462 e. The molecule has 0 amide bonds. The van der Waals surface area contributed by atoms with Crippen LogP contribution in [0.4, 0.5) is 0 Å². The van der Waals surface area contributed by atoms with E-state index in [1.807, 2.05) is 0 Å². The number of rotatable bonds is 6. The van der Waals surface area contributed by atoms with Gasteiger partial charge in [0.15, 0.2) is 0 Å². The molecule has 31 heavy (non-hydrogen) atoms. The van der Waals surface area contributed by atoms with Crippen molar-refractivity contribution in [1.82, 2.24) is 0 Å². The van der Waals surface area contributed by atoms with E-state index in [2.05, 4.69) is 40.3 Å². The summed E-state index contributed by atoms with van der Waals surface area (Å²) >= 11 is 0. The van der Waals surface area contributed by atoms with Crippen LogP contribution in [0.25, 0.3) is 0 Å². The Kier molecular flexibility index (Phi) is 6.50. The summed E-state index contributed by atoms with van der Waals surface area (Å²) in [4.78, 5) is 11.5. The molecule has 0 aromatic rings. The topological polar surface area (TPSA) is 26.3 Å². The van der Waals surface area contributed by atoms with Gasteiger partial charge in [-0.1, -0.05) is 44.4 Å². The Morgan fingerprint density at radius 2 is 1.94 bits per heavy atom. The van der Waals surface area contributed by atoms with Gasteiger partial charge in [-0.2, -0.15) is 0 Å². The van der Waals surface area contributed by atoms with E-state index in [-0.39, 0.29) is 12.1 Å². The first-order valence-electron chi connectivity index (χ1n) is 13.2. The van der Waals surface area contributed by atoms with Crippen molar-refractivity contribution in [2.45, 2.75) is 111 Å². The van der Waals surface area contributed by atoms with Gasteiger partial charge in [0.1, 0.15) is 6.10 Å². The second-order valence-electron chi connectivity index (χ2n) is 12.3. The second kappa shape index (κ2) is 8.71. The molecule has 4 rings (SSSR count). The summed E-state index contributed by atoms with van der Waals surface area (Å²) in [5.74, 6) is 4.23. The predicted octanol–water partition coefficient (Wildman–Crippen LogP) is 7.88. The van der Waals surface area contributed by atoms with Crippen LogP contribution in [-0.4, -0.2) is 12.1 Å². The van der Waals surface area contributed by atoms with E-state index in [9.17, 15) is 4.79 Å². The van der Waals surface area contributed by atoms with Crippen LogP contribution in [0.5, 0.6) is 0 Å². The lowest BCUT2D eigenvalue weighted by Gasteiger charge is -2.58. The zero-order chi connectivity index (χ0) is 22.4. The molecule has 3 fully saturated rings. The fourth-order valence-electron chi connectivity index (χ4n) is 8.87. The van der Waals surface area contributed by atoms with E-state index in [1.165, 1.54) is 63.4 Å². The monoisotopic (exact) mass is 426 g/mol. The van der Waals surface area contributed by atoms with Crippen molar-refractivity contribution in [3.63, 3.8) is 0 Å². The molecule has 4 aliphatic rings. The first kappa shape index (κ1) is 23.1. The average Bonchev–Trinajstić information content (AvgIpc) is 3.05. The van der Waals surface area contributed by atoms with E-state index < -0.39 is 0 Å². The molecule has 0 heterocycles. The standard InChI is InChI=1S/C29H46O2/c1-19(2)8-7-9-20(3)25-12-13-26-24-11-10-22-18-23(31-21(4)30)14-16-28(22,5)27(24)15-17-29(25,26)6/h10,20,23-27H,1,7-9,11-18H2,2-6H3/t20-,23?,24+,25-,26+,27+,28+,29-/m1/s1. The number of carbonyl (C=O) groups is 1. The van der Waals surface area contributed by atoms with Crippen molar-refractivity contribution in [3.05, 3.63) is 23.8 Å². The van der Waals surface area contributed by atoms with E-state index in [4.69, 9.17) is 4.74 Å². The molecule has 0 radical (unpaired) electrons. The molecule has 2 heteroatoms. The first-order valence-corrected chi connectivity index (χ1v) is 13.2. The summed E-state index contributed by atoms with van der Waals surface area (Å²) < 4.78 is 5.61. The molecule has 2 nitrogen and oxygen atoms in total. The van der Waals surface area contributed by atoms with Crippen LogP contribution in [0.1, 0.15) is 105 Å². The molecule has 0 aliphatic heterocycles. The smallest absolute Gasteiger partial charge is 0.302 e. The molecule has 0 N–H and O–H groups in total. The maximum Gasteiger partial charge on any atom is 0.302 e. The zero-order valence-corrected chi connectivity index (χ0v) is 20.8. The Bertz CT molecular complexity index is 735. The molecule has 0 spiro atoms. The van der Waals surface area contributed by atoms with Gasteiger partial charge in [-0.05, 0) is 105 Å². The predicted molar refractivity (Wildman–Crippen MR) is 129 cm³/mol. The van der Waals surface area contributed by atoms with Crippen LogP contribution >= 0.6 is 0 Å². The molecular formula is C29H46O2. The van der Waals surface area contributed by atoms with Crippen LogP contribution in [0.2, 0.25) is 0 Å². The SMILES string of the molecule is C=C(C)CCC[C@@H](C)[C@H]1CC[C@H]2[C@@H]3CC=C4CC(OC(C)=O)CC[C@]4(C)[C@H]3CC[C@]12C. The summed E-state index contributed by atoms with van der Waals surface area (Å²) in [6.45, 7) is 15.6. The molecule has 8 atom stereocenters. The summed E-state index contributed by atoms with van der Waals surface area (Å²) in [6.07, 6.45) is 16.8. The van der Waals surface area contributed by atoms with Crippen LogP contribution in [0, 0.1) is 40.4 Å². The normalized spacial score (nSPS) is 42.6. The number of esters is 1. The van der Waals surface area contributed by atoms with Gasteiger partial charge in [-0.3, -0.25) is 4.79 Å². The number of carbonyl (C=O) groups excluding carboxylic acids is 1. The molecule has 0 saturated heterocycles. The van der Waals surface area contributed by atoms with E-state index in [0.29, 0.717) is 10.8 Å². The van der Waals surface area contributed by atoms with Crippen molar-refractivity contribution in [2.24, 2.45) is 40.4 Å². The molecule has 0 aromatic carbocycles. The third-order valence-electron chi connectivity index (χ3n) is 10.4. The minimum atomic E-state index is -0.120. The van der Waals surface area contributed by atoms with Crippen molar-refractivity contribution in [2.75, 3.05) is 0 Å². The average molecular weight is 427 g/mol. The summed E-state index contributed by atoms with van der Waals surface area (Å²) in [5, 5.41) is 0. The minimum Gasteiger partial charge on any atom is -0.462 e.